The molecule has 144 valence electrons. The van der Waals surface area contributed by atoms with Crippen molar-refractivity contribution in [2.24, 2.45) is 11.8 Å². The van der Waals surface area contributed by atoms with Gasteiger partial charge >= 0.3 is 6.03 Å². The van der Waals surface area contributed by atoms with E-state index < -0.39 is 11.6 Å². The topological polar surface area (TPSA) is 78.5 Å². The van der Waals surface area contributed by atoms with E-state index in [-0.39, 0.29) is 24.4 Å². The van der Waals surface area contributed by atoms with Crippen LogP contribution in [0.25, 0.3) is 0 Å². The average Bonchev–Trinajstić information content (AvgIpc) is 3.13. The van der Waals surface area contributed by atoms with E-state index in [0.717, 1.165) is 35.3 Å². The number of benzene rings is 1. The first-order valence-corrected chi connectivity index (χ1v) is 9.94. The Balaban J connectivity index is 1.47. The van der Waals surface area contributed by atoms with Gasteiger partial charge < -0.3 is 10.6 Å². The number of rotatable bonds is 3. The molecule has 0 aromatic heterocycles. The molecule has 1 saturated heterocycles. The molecule has 1 saturated carbocycles. The molecule has 3 aliphatic rings. The molecule has 1 spiro atoms. The number of carbonyl (C=O) groups is 3. The normalized spacial score (nSPS) is 32.5. The Kier molecular flexibility index (Phi) is 4.44. The van der Waals surface area contributed by atoms with Crippen molar-refractivity contribution in [1.29, 1.82) is 0 Å². The van der Waals surface area contributed by atoms with Crippen molar-refractivity contribution >= 4 is 17.8 Å². The van der Waals surface area contributed by atoms with Gasteiger partial charge in [0.2, 0.25) is 5.91 Å². The lowest BCUT2D eigenvalue weighted by Crippen LogP contribution is -2.49. The second-order valence-corrected chi connectivity index (χ2v) is 8.33. The molecule has 4 amide bonds. The molecule has 2 N–H and O–H groups in total. The molecule has 6 nitrogen and oxygen atoms in total. The van der Waals surface area contributed by atoms with Crippen molar-refractivity contribution in [3.05, 3.63) is 35.4 Å². The smallest absolute Gasteiger partial charge is 0.325 e. The largest absolute Gasteiger partial charge is 0.352 e. The SMILES string of the molecule is CC1CCCC(NC(=O)CN2C(=O)NC3(CCc4ccccc43)C2=O)C1C. The molecule has 1 aromatic carbocycles. The number of hydrogen-bond donors (Lipinski definition) is 2. The lowest BCUT2D eigenvalue weighted by Gasteiger charge is -2.34. The molecule has 4 unspecified atom stereocenters. The molecule has 0 bridgehead atoms. The summed E-state index contributed by atoms with van der Waals surface area (Å²) in [4.78, 5) is 39.3. The van der Waals surface area contributed by atoms with Gasteiger partial charge in [0.25, 0.3) is 5.91 Å². The van der Waals surface area contributed by atoms with Crippen molar-refractivity contribution in [2.75, 3.05) is 6.54 Å². The summed E-state index contributed by atoms with van der Waals surface area (Å²) in [6.45, 7) is 4.15. The second-order valence-electron chi connectivity index (χ2n) is 8.33. The standard InChI is InChI=1S/C21H27N3O3/c1-13-6-5-9-17(14(13)2)22-18(25)12-24-19(26)21(23-20(24)27)11-10-15-7-3-4-8-16(15)21/h3-4,7-8,13-14,17H,5-6,9-12H2,1-2H3,(H,22,25)(H,23,27). The van der Waals surface area contributed by atoms with Gasteiger partial charge in [0.1, 0.15) is 12.1 Å². The molecule has 4 atom stereocenters. The average molecular weight is 369 g/mol. The highest BCUT2D eigenvalue weighted by atomic mass is 16.2. The van der Waals surface area contributed by atoms with Crippen LogP contribution in [0, 0.1) is 11.8 Å². The molecular weight excluding hydrogens is 342 g/mol. The van der Waals surface area contributed by atoms with Crippen LogP contribution in [0.15, 0.2) is 24.3 Å². The monoisotopic (exact) mass is 369 g/mol. The lowest BCUT2D eigenvalue weighted by atomic mass is 9.78. The Morgan fingerprint density at radius 2 is 2.04 bits per heavy atom. The number of imide groups is 1. The molecule has 2 fully saturated rings. The Hall–Kier alpha value is -2.37. The molecule has 6 heteroatoms. The lowest BCUT2D eigenvalue weighted by molar-refractivity contribution is -0.135. The van der Waals surface area contributed by atoms with Crippen LogP contribution in [0.3, 0.4) is 0 Å². The summed E-state index contributed by atoms with van der Waals surface area (Å²) in [5.41, 5.74) is 0.948. The van der Waals surface area contributed by atoms with Gasteiger partial charge in [-0.05, 0) is 42.2 Å². The van der Waals surface area contributed by atoms with Crippen LogP contribution >= 0.6 is 0 Å². The van der Waals surface area contributed by atoms with Gasteiger partial charge in [-0.15, -0.1) is 0 Å². The number of aryl methyl sites for hydroxylation is 1. The van der Waals surface area contributed by atoms with E-state index in [2.05, 4.69) is 24.5 Å². The number of fused-ring (bicyclic) bond motifs is 2. The quantitative estimate of drug-likeness (QED) is 0.803. The van der Waals surface area contributed by atoms with E-state index in [9.17, 15) is 14.4 Å². The highest BCUT2D eigenvalue weighted by Gasteiger charge is 2.55. The number of nitrogens with zero attached hydrogens (tertiary/aromatic N) is 1. The van der Waals surface area contributed by atoms with Crippen LogP contribution in [-0.4, -0.2) is 35.3 Å². The van der Waals surface area contributed by atoms with Crippen molar-refractivity contribution in [2.45, 2.75) is 57.5 Å². The Bertz CT molecular complexity index is 793. The summed E-state index contributed by atoms with van der Waals surface area (Å²) < 4.78 is 0. The Morgan fingerprint density at radius 1 is 1.26 bits per heavy atom. The number of nitrogens with one attached hydrogen (secondary N) is 2. The van der Waals surface area contributed by atoms with Crippen molar-refractivity contribution in [1.82, 2.24) is 15.5 Å². The van der Waals surface area contributed by atoms with Crippen LogP contribution < -0.4 is 10.6 Å². The predicted octanol–water partition coefficient (Wildman–Crippen LogP) is 2.32. The first-order valence-electron chi connectivity index (χ1n) is 9.94. The van der Waals surface area contributed by atoms with Crippen LogP contribution in [-0.2, 0) is 21.5 Å². The van der Waals surface area contributed by atoms with Crippen molar-refractivity contribution < 1.29 is 14.4 Å². The summed E-state index contributed by atoms with van der Waals surface area (Å²) in [6, 6.07) is 7.35. The van der Waals surface area contributed by atoms with Crippen LogP contribution in [0.4, 0.5) is 4.79 Å². The molecular formula is C21H27N3O3. The van der Waals surface area contributed by atoms with E-state index in [0.29, 0.717) is 18.3 Å². The number of hydrogen-bond acceptors (Lipinski definition) is 3. The minimum absolute atomic E-state index is 0.114. The molecule has 4 rings (SSSR count). The van der Waals surface area contributed by atoms with E-state index in [1.807, 2.05) is 24.3 Å². The third kappa shape index (κ3) is 2.91. The van der Waals surface area contributed by atoms with E-state index in [1.165, 1.54) is 6.42 Å². The molecule has 0 radical (unpaired) electrons. The molecule has 2 aliphatic carbocycles. The fraction of sp³-hybridized carbons (Fsp3) is 0.571. The van der Waals surface area contributed by atoms with E-state index in [1.54, 1.807) is 0 Å². The van der Waals surface area contributed by atoms with Crippen molar-refractivity contribution in [3.63, 3.8) is 0 Å². The van der Waals surface area contributed by atoms with Gasteiger partial charge in [-0.2, -0.15) is 0 Å². The maximum atomic E-state index is 13.1. The zero-order chi connectivity index (χ0) is 19.2. The first kappa shape index (κ1) is 18.0. The highest BCUT2D eigenvalue weighted by Crippen LogP contribution is 2.41. The molecule has 1 aliphatic heterocycles. The fourth-order valence-corrected chi connectivity index (χ4v) is 4.91. The van der Waals surface area contributed by atoms with Gasteiger partial charge in [-0.1, -0.05) is 51.0 Å². The minimum Gasteiger partial charge on any atom is -0.352 e. The summed E-state index contributed by atoms with van der Waals surface area (Å²) in [7, 11) is 0. The van der Waals surface area contributed by atoms with E-state index in [4.69, 9.17) is 0 Å². The molecule has 1 heterocycles. The maximum absolute atomic E-state index is 13.1. The Morgan fingerprint density at radius 3 is 2.85 bits per heavy atom. The predicted molar refractivity (Wildman–Crippen MR) is 101 cm³/mol. The third-order valence-corrected chi connectivity index (χ3v) is 6.78. The van der Waals surface area contributed by atoms with Gasteiger partial charge in [0.05, 0.1) is 0 Å². The zero-order valence-corrected chi connectivity index (χ0v) is 16.0. The fourth-order valence-electron chi connectivity index (χ4n) is 4.91. The molecule has 27 heavy (non-hydrogen) atoms. The second kappa shape index (κ2) is 6.66. The van der Waals surface area contributed by atoms with Gasteiger partial charge in [-0.3, -0.25) is 14.5 Å². The number of urea groups is 1. The summed E-state index contributed by atoms with van der Waals surface area (Å²) in [5, 5.41) is 5.92. The third-order valence-electron chi connectivity index (χ3n) is 6.78. The summed E-state index contributed by atoms with van der Waals surface area (Å²) in [6.07, 6.45) is 4.53. The highest BCUT2D eigenvalue weighted by molar-refractivity contribution is 6.09. The van der Waals surface area contributed by atoms with Crippen molar-refractivity contribution in [3.8, 4) is 0 Å². The van der Waals surface area contributed by atoms with E-state index >= 15 is 0 Å². The first-order chi connectivity index (χ1) is 12.9. The number of amides is 4. The number of carbonyl (C=O) groups excluding carboxylic acids is 3. The van der Waals surface area contributed by atoms with Crippen LogP contribution in [0.5, 0.6) is 0 Å². The molecule has 1 aromatic rings. The van der Waals surface area contributed by atoms with Crippen LogP contribution in [0.1, 0.15) is 50.7 Å². The van der Waals surface area contributed by atoms with Crippen LogP contribution in [0.2, 0.25) is 0 Å². The minimum atomic E-state index is -0.999. The van der Waals surface area contributed by atoms with Gasteiger partial charge in [-0.25, -0.2) is 4.79 Å². The Labute approximate surface area is 159 Å². The van der Waals surface area contributed by atoms with Gasteiger partial charge in [0, 0.05) is 6.04 Å². The zero-order valence-electron chi connectivity index (χ0n) is 16.0. The van der Waals surface area contributed by atoms with Gasteiger partial charge in [0.15, 0.2) is 0 Å². The summed E-state index contributed by atoms with van der Waals surface area (Å²) >= 11 is 0. The maximum Gasteiger partial charge on any atom is 0.325 e. The summed E-state index contributed by atoms with van der Waals surface area (Å²) in [5.74, 6) is 0.406.